The van der Waals surface area contributed by atoms with E-state index in [2.05, 4.69) is 22.8 Å². The van der Waals surface area contributed by atoms with Gasteiger partial charge < -0.3 is 20.1 Å². The van der Waals surface area contributed by atoms with Crippen LogP contribution in [0.15, 0.2) is 30.3 Å². The van der Waals surface area contributed by atoms with Crippen LogP contribution in [-0.2, 0) is 14.3 Å². The predicted octanol–water partition coefficient (Wildman–Crippen LogP) is 3.40. The second-order valence-electron chi connectivity index (χ2n) is 7.43. The number of amides is 1. The smallest absolute Gasteiger partial charge is 0.407 e. The van der Waals surface area contributed by atoms with Gasteiger partial charge in [0.05, 0.1) is 25.3 Å². The third kappa shape index (κ3) is 7.53. The predicted molar refractivity (Wildman–Crippen MR) is 115 cm³/mol. The van der Waals surface area contributed by atoms with Gasteiger partial charge in [-0.05, 0) is 61.4 Å². The van der Waals surface area contributed by atoms with Crippen LogP contribution in [0.3, 0.4) is 0 Å². The van der Waals surface area contributed by atoms with E-state index in [0.717, 1.165) is 38.6 Å². The van der Waals surface area contributed by atoms with Crippen molar-refractivity contribution in [2.24, 2.45) is 5.92 Å². The molecule has 1 amide bonds. The van der Waals surface area contributed by atoms with E-state index >= 15 is 0 Å². The quantitative estimate of drug-likeness (QED) is 0.426. The Bertz CT molecular complexity index is 768. The molecule has 0 saturated carbocycles. The van der Waals surface area contributed by atoms with E-state index in [0.29, 0.717) is 18.1 Å². The summed E-state index contributed by atoms with van der Waals surface area (Å²) in [5, 5.41) is 14.7. The molecule has 1 aromatic carbocycles. The molecule has 1 aliphatic rings. The number of carbonyl (C=O) groups is 2. The van der Waals surface area contributed by atoms with Gasteiger partial charge in [0.2, 0.25) is 0 Å². The zero-order valence-corrected chi connectivity index (χ0v) is 17.8. The van der Waals surface area contributed by atoms with Crippen molar-refractivity contribution in [3.63, 3.8) is 0 Å². The summed E-state index contributed by atoms with van der Waals surface area (Å²) in [6.07, 6.45) is 6.34. The van der Waals surface area contributed by atoms with Gasteiger partial charge in [-0.15, -0.1) is 0 Å². The SMILES string of the molecule is CCCCOC(=O)N[C@@H](CNCC[C@@H]1CC=C(c2ccc(C#N)cc2)C1)C(=O)OC. The van der Waals surface area contributed by atoms with Gasteiger partial charge >= 0.3 is 12.1 Å². The van der Waals surface area contributed by atoms with Crippen LogP contribution >= 0.6 is 0 Å². The number of nitrogens with one attached hydrogen (secondary N) is 2. The zero-order chi connectivity index (χ0) is 21.8. The highest BCUT2D eigenvalue weighted by Gasteiger charge is 2.22. The molecule has 7 heteroatoms. The molecule has 2 atom stereocenters. The minimum atomic E-state index is -0.778. The molecule has 0 bridgehead atoms. The molecule has 1 aliphatic carbocycles. The minimum Gasteiger partial charge on any atom is -0.467 e. The molecular formula is C23H31N3O4. The Morgan fingerprint density at radius 2 is 2.07 bits per heavy atom. The normalized spacial score (nSPS) is 16.3. The number of esters is 1. The largest absolute Gasteiger partial charge is 0.467 e. The molecule has 0 saturated heterocycles. The van der Waals surface area contributed by atoms with Gasteiger partial charge in [0, 0.05) is 6.54 Å². The number of alkyl carbamates (subject to hydrolysis) is 1. The molecule has 2 N–H and O–H groups in total. The first-order chi connectivity index (χ1) is 14.6. The molecule has 30 heavy (non-hydrogen) atoms. The topological polar surface area (TPSA) is 100 Å². The van der Waals surface area contributed by atoms with Crippen LogP contribution in [0, 0.1) is 17.2 Å². The third-order valence-corrected chi connectivity index (χ3v) is 5.18. The fraction of sp³-hybridized carbons (Fsp3) is 0.522. The minimum absolute atomic E-state index is 0.290. The van der Waals surface area contributed by atoms with E-state index in [9.17, 15) is 9.59 Å². The molecule has 2 rings (SSSR count). The van der Waals surface area contributed by atoms with Gasteiger partial charge in [0.25, 0.3) is 0 Å². The van der Waals surface area contributed by atoms with Crippen molar-refractivity contribution in [3.05, 3.63) is 41.5 Å². The molecule has 0 fully saturated rings. The van der Waals surface area contributed by atoms with Crippen LogP contribution < -0.4 is 10.6 Å². The Hall–Kier alpha value is -2.85. The maximum Gasteiger partial charge on any atom is 0.407 e. The highest BCUT2D eigenvalue weighted by atomic mass is 16.6. The lowest BCUT2D eigenvalue weighted by molar-refractivity contribution is -0.142. The number of methoxy groups -OCH3 is 1. The molecular weight excluding hydrogens is 382 g/mol. The fourth-order valence-corrected chi connectivity index (χ4v) is 3.38. The summed E-state index contributed by atoms with van der Waals surface area (Å²) in [5.74, 6) is 0.0345. The molecule has 0 radical (unpaired) electrons. The van der Waals surface area contributed by atoms with Crippen LogP contribution in [0.5, 0.6) is 0 Å². The van der Waals surface area contributed by atoms with Crippen molar-refractivity contribution in [1.82, 2.24) is 10.6 Å². The van der Waals surface area contributed by atoms with Crippen LogP contribution in [0.2, 0.25) is 0 Å². The van der Waals surface area contributed by atoms with Crippen LogP contribution in [0.25, 0.3) is 5.57 Å². The van der Waals surface area contributed by atoms with E-state index in [1.165, 1.54) is 18.2 Å². The van der Waals surface area contributed by atoms with E-state index in [-0.39, 0.29) is 6.54 Å². The number of nitrogens with zero attached hydrogens (tertiary/aromatic N) is 1. The molecule has 0 spiro atoms. The molecule has 1 aromatic rings. The van der Waals surface area contributed by atoms with Gasteiger partial charge in [-0.1, -0.05) is 31.6 Å². The lowest BCUT2D eigenvalue weighted by atomic mass is 9.98. The monoisotopic (exact) mass is 413 g/mol. The van der Waals surface area contributed by atoms with Crippen molar-refractivity contribution in [1.29, 1.82) is 5.26 Å². The maximum absolute atomic E-state index is 11.9. The van der Waals surface area contributed by atoms with Crippen LogP contribution in [0.4, 0.5) is 4.79 Å². The van der Waals surface area contributed by atoms with E-state index in [1.807, 2.05) is 31.2 Å². The molecule has 0 heterocycles. The van der Waals surface area contributed by atoms with Gasteiger partial charge in [-0.25, -0.2) is 9.59 Å². The Balaban J connectivity index is 1.71. The fourth-order valence-electron chi connectivity index (χ4n) is 3.38. The van der Waals surface area contributed by atoms with Crippen molar-refractivity contribution in [3.8, 4) is 6.07 Å². The highest BCUT2D eigenvalue weighted by Crippen LogP contribution is 2.33. The van der Waals surface area contributed by atoms with Gasteiger partial charge in [0.15, 0.2) is 0 Å². The lowest BCUT2D eigenvalue weighted by Gasteiger charge is -2.18. The zero-order valence-electron chi connectivity index (χ0n) is 17.8. The number of carbonyl (C=O) groups excluding carboxylic acids is 2. The van der Waals surface area contributed by atoms with Gasteiger partial charge in [-0.3, -0.25) is 0 Å². The molecule has 0 aliphatic heterocycles. The van der Waals surface area contributed by atoms with Crippen molar-refractivity contribution >= 4 is 17.6 Å². The van der Waals surface area contributed by atoms with Crippen LogP contribution in [-0.4, -0.2) is 44.9 Å². The Morgan fingerprint density at radius 3 is 2.73 bits per heavy atom. The Morgan fingerprint density at radius 1 is 1.30 bits per heavy atom. The lowest BCUT2D eigenvalue weighted by Crippen LogP contribution is -2.48. The molecule has 0 unspecified atom stereocenters. The Labute approximate surface area is 178 Å². The summed E-state index contributed by atoms with van der Waals surface area (Å²) >= 11 is 0. The first-order valence-electron chi connectivity index (χ1n) is 10.5. The summed E-state index contributed by atoms with van der Waals surface area (Å²) < 4.78 is 9.82. The first-order valence-corrected chi connectivity index (χ1v) is 10.5. The van der Waals surface area contributed by atoms with Crippen molar-refractivity contribution in [2.45, 2.75) is 45.1 Å². The molecule has 162 valence electrons. The van der Waals surface area contributed by atoms with Gasteiger partial charge in [-0.2, -0.15) is 5.26 Å². The standard InChI is InChI=1S/C23H31N3O4/c1-3-4-13-30-23(28)26-21(22(27)29-2)16-25-12-11-17-5-10-20(14-17)19-8-6-18(15-24)7-9-19/h6-10,17,21,25H,3-5,11-14,16H2,1-2H3,(H,26,28)/t17-,21-/m0/s1. The van der Waals surface area contributed by atoms with Crippen molar-refractivity contribution in [2.75, 3.05) is 26.8 Å². The molecule has 0 aromatic heterocycles. The van der Waals surface area contributed by atoms with E-state index in [1.54, 1.807) is 0 Å². The Kier molecular flexibility index (Phi) is 9.88. The van der Waals surface area contributed by atoms with Gasteiger partial charge in [0.1, 0.15) is 6.04 Å². The summed E-state index contributed by atoms with van der Waals surface area (Å²) in [6.45, 7) is 3.37. The number of benzene rings is 1. The number of ether oxygens (including phenoxy) is 2. The number of allylic oxidation sites excluding steroid dienone is 2. The van der Waals surface area contributed by atoms with Crippen molar-refractivity contribution < 1.29 is 19.1 Å². The second-order valence-corrected chi connectivity index (χ2v) is 7.43. The summed E-state index contributed by atoms with van der Waals surface area (Å²) in [5.41, 5.74) is 3.15. The first kappa shape index (κ1) is 23.4. The summed E-state index contributed by atoms with van der Waals surface area (Å²) in [7, 11) is 1.30. The molecule has 7 nitrogen and oxygen atoms in total. The maximum atomic E-state index is 11.9. The second kappa shape index (κ2) is 12.7. The number of hydrogen-bond acceptors (Lipinski definition) is 6. The van der Waals surface area contributed by atoms with E-state index < -0.39 is 18.1 Å². The summed E-state index contributed by atoms with van der Waals surface area (Å²) in [4.78, 5) is 23.7. The average molecular weight is 414 g/mol. The van der Waals surface area contributed by atoms with Crippen LogP contribution in [0.1, 0.15) is 50.2 Å². The third-order valence-electron chi connectivity index (χ3n) is 5.18. The number of unbranched alkanes of at least 4 members (excludes halogenated alkanes) is 1. The summed E-state index contributed by atoms with van der Waals surface area (Å²) in [6, 6.07) is 9.05. The number of rotatable bonds is 11. The highest BCUT2D eigenvalue weighted by molar-refractivity contribution is 5.81. The number of hydrogen-bond donors (Lipinski definition) is 2. The van der Waals surface area contributed by atoms with E-state index in [4.69, 9.17) is 14.7 Å². The number of nitriles is 1. The average Bonchev–Trinajstić information content (AvgIpc) is 3.24.